The standard InChI is InChI=1S/C16H20N2O2/c1-3-6-14(4-2)18-11-15(19)12-20-16-8-5-7-13(9-16)10-17/h1,5,7-9,14-15,18-19H,4,6,11-12H2,2H3. The molecule has 0 saturated carbocycles. The molecule has 2 atom stereocenters. The van der Waals surface area contributed by atoms with Crippen molar-refractivity contribution in [2.24, 2.45) is 0 Å². The molecule has 0 bridgehead atoms. The van der Waals surface area contributed by atoms with Crippen LogP contribution in [0.5, 0.6) is 5.75 Å². The summed E-state index contributed by atoms with van der Waals surface area (Å²) in [5, 5.41) is 21.8. The Morgan fingerprint density at radius 3 is 2.95 bits per heavy atom. The number of aliphatic hydroxyl groups is 1. The number of hydrogen-bond acceptors (Lipinski definition) is 4. The monoisotopic (exact) mass is 272 g/mol. The van der Waals surface area contributed by atoms with Gasteiger partial charge in [0.1, 0.15) is 18.5 Å². The van der Waals surface area contributed by atoms with Gasteiger partial charge in [0.2, 0.25) is 0 Å². The molecular weight excluding hydrogens is 252 g/mol. The van der Waals surface area contributed by atoms with E-state index in [0.29, 0.717) is 24.3 Å². The molecule has 4 nitrogen and oxygen atoms in total. The highest BCUT2D eigenvalue weighted by molar-refractivity contribution is 5.36. The highest BCUT2D eigenvalue weighted by Crippen LogP contribution is 2.12. The van der Waals surface area contributed by atoms with Crippen LogP contribution in [0.15, 0.2) is 24.3 Å². The van der Waals surface area contributed by atoms with Gasteiger partial charge in [0.15, 0.2) is 0 Å². The van der Waals surface area contributed by atoms with E-state index in [1.165, 1.54) is 0 Å². The predicted octanol–water partition coefficient (Wildman–Crippen LogP) is 1.69. The Balaban J connectivity index is 2.34. The van der Waals surface area contributed by atoms with E-state index in [9.17, 15) is 5.11 Å². The highest BCUT2D eigenvalue weighted by atomic mass is 16.5. The second kappa shape index (κ2) is 8.98. The van der Waals surface area contributed by atoms with Crippen LogP contribution in [0.4, 0.5) is 0 Å². The predicted molar refractivity (Wildman–Crippen MR) is 78.2 cm³/mol. The maximum Gasteiger partial charge on any atom is 0.120 e. The lowest BCUT2D eigenvalue weighted by molar-refractivity contribution is 0.103. The van der Waals surface area contributed by atoms with E-state index in [1.807, 2.05) is 13.0 Å². The molecule has 0 saturated heterocycles. The van der Waals surface area contributed by atoms with Gasteiger partial charge in [-0.2, -0.15) is 5.26 Å². The Hall–Kier alpha value is -2.01. The average molecular weight is 272 g/mol. The summed E-state index contributed by atoms with van der Waals surface area (Å²) in [6.07, 6.45) is 6.22. The Morgan fingerprint density at radius 1 is 1.50 bits per heavy atom. The van der Waals surface area contributed by atoms with E-state index in [2.05, 4.69) is 11.2 Å². The molecule has 0 fully saturated rings. The number of hydrogen-bond donors (Lipinski definition) is 2. The molecule has 1 rings (SSSR count). The zero-order valence-corrected chi connectivity index (χ0v) is 11.7. The summed E-state index contributed by atoms with van der Waals surface area (Å²) in [5.41, 5.74) is 0.537. The number of nitrogens with zero attached hydrogens (tertiary/aromatic N) is 1. The normalized spacial score (nSPS) is 13.0. The third-order valence-corrected chi connectivity index (χ3v) is 2.90. The van der Waals surface area contributed by atoms with Gasteiger partial charge >= 0.3 is 0 Å². The van der Waals surface area contributed by atoms with E-state index >= 15 is 0 Å². The molecule has 20 heavy (non-hydrogen) atoms. The van der Waals surface area contributed by atoms with Crippen molar-refractivity contribution in [3.63, 3.8) is 0 Å². The Kier molecular flexibility index (Phi) is 7.21. The lowest BCUT2D eigenvalue weighted by Gasteiger charge is -2.18. The van der Waals surface area contributed by atoms with Gasteiger partial charge in [-0.15, -0.1) is 12.3 Å². The molecule has 1 aromatic carbocycles. The number of nitriles is 1. The van der Waals surface area contributed by atoms with Gasteiger partial charge in [-0.1, -0.05) is 13.0 Å². The fourth-order valence-electron chi connectivity index (χ4n) is 1.71. The molecule has 4 heteroatoms. The fraction of sp³-hybridized carbons (Fsp3) is 0.438. The van der Waals surface area contributed by atoms with Crippen molar-refractivity contribution in [3.05, 3.63) is 29.8 Å². The van der Waals surface area contributed by atoms with Gasteiger partial charge in [-0.3, -0.25) is 0 Å². The van der Waals surface area contributed by atoms with E-state index in [0.717, 1.165) is 6.42 Å². The molecule has 0 aliphatic rings. The maximum absolute atomic E-state index is 9.85. The molecule has 2 N–H and O–H groups in total. The number of rotatable bonds is 8. The van der Waals surface area contributed by atoms with E-state index in [-0.39, 0.29) is 12.6 Å². The second-order valence-corrected chi connectivity index (χ2v) is 4.53. The average Bonchev–Trinajstić information content (AvgIpc) is 2.49. The van der Waals surface area contributed by atoms with Gasteiger partial charge in [-0.05, 0) is 24.6 Å². The first-order chi connectivity index (χ1) is 9.69. The van der Waals surface area contributed by atoms with Crippen LogP contribution >= 0.6 is 0 Å². The lowest BCUT2D eigenvalue weighted by atomic mass is 10.1. The summed E-state index contributed by atoms with van der Waals surface area (Å²) in [4.78, 5) is 0. The number of aliphatic hydroxyl groups excluding tert-OH is 1. The third kappa shape index (κ3) is 5.75. The van der Waals surface area contributed by atoms with Crippen LogP contribution in [0, 0.1) is 23.7 Å². The molecule has 106 valence electrons. The first-order valence-corrected chi connectivity index (χ1v) is 6.67. The van der Waals surface area contributed by atoms with Crippen LogP contribution in [0.1, 0.15) is 25.3 Å². The summed E-state index contributed by atoms with van der Waals surface area (Å²) in [6.45, 7) is 2.65. The summed E-state index contributed by atoms with van der Waals surface area (Å²) >= 11 is 0. The van der Waals surface area contributed by atoms with Crippen molar-refractivity contribution in [3.8, 4) is 24.2 Å². The number of benzene rings is 1. The first-order valence-electron chi connectivity index (χ1n) is 6.67. The molecule has 0 spiro atoms. The summed E-state index contributed by atoms with van der Waals surface area (Å²) in [7, 11) is 0. The Bertz CT molecular complexity index is 488. The molecule has 0 radical (unpaired) electrons. The minimum atomic E-state index is -0.618. The SMILES string of the molecule is C#CCC(CC)NCC(O)COc1cccc(C#N)c1. The highest BCUT2D eigenvalue weighted by Gasteiger charge is 2.09. The van der Waals surface area contributed by atoms with Crippen molar-refractivity contribution in [2.45, 2.75) is 31.9 Å². The smallest absolute Gasteiger partial charge is 0.120 e. The van der Waals surface area contributed by atoms with Crippen LogP contribution in [0.2, 0.25) is 0 Å². The van der Waals surface area contributed by atoms with Crippen LogP contribution in [-0.4, -0.2) is 30.4 Å². The van der Waals surface area contributed by atoms with Crippen molar-refractivity contribution in [2.75, 3.05) is 13.2 Å². The minimum absolute atomic E-state index is 0.175. The number of ether oxygens (including phenoxy) is 1. The fourth-order valence-corrected chi connectivity index (χ4v) is 1.71. The van der Waals surface area contributed by atoms with E-state index in [1.54, 1.807) is 24.3 Å². The zero-order valence-electron chi connectivity index (χ0n) is 11.7. The van der Waals surface area contributed by atoms with Gasteiger partial charge in [0, 0.05) is 19.0 Å². The van der Waals surface area contributed by atoms with Crippen molar-refractivity contribution in [1.29, 1.82) is 5.26 Å². The molecular formula is C16H20N2O2. The Labute approximate surface area is 120 Å². The summed E-state index contributed by atoms with van der Waals surface area (Å²) in [6, 6.07) is 9.12. The van der Waals surface area contributed by atoms with Crippen LogP contribution in [0.3, 0.4) is 0 Å². The minimum Gasteiger partial charge on any atom is -0.491 e. The van der Waals surface area contributed by atoms with Gasteiger partial charge in [0.05, 0.1) is 11.6 Å². The molecule has 1 aromatic rings. The van der Waals surface area contributed by atoms with Crippen molar-refractivity contribution >= 4 is 0 Å². The largest absolute Gasteiger partial charge is 0.491 e. The molecule has 0 amide bonds. The molecule has 0 heterocycles. The van der Waals surface area contributed by atoms with Crippen molar-refractivity contribution < 1.29 is 9.84 Å². The van der Waals surface area contributed by atoms with Crippen LogP contribution in [0.25, 0.3) is 0 Å². The van der Waals surface area contributed by atoms with Crippen LogP contribution < -0.4 is 10.1 Å². The summed E-state index contributed by atoms with van der Waals surface area (Å²) in [5.74, 6) is 3.19. The molecule has 2 unspecified atom stereocenters. The van der Waals surface area contributed by atoms with Gasteiger partial charge in [-0.25, -0.2) is 0 Å². The molecule has 0 aromatic heterocycles. The quantitative estimate of drug-likeness (QED) is 0.707. The summed E-state index contributed by atoms with van der Waals surface area (Å²) < 4.78 is 5.45. The number of nitrogens with one attached hydrogen (secondary N) is 1. The topological polar surface area (TPSA) is 65.3 Å². The number of terminal acetylenes is 1. The van der Waals surface area contributed by atoms with Crippen molar-refractivity contribution in [1.82, 2.24) is 5.32 Å². The van der Waals surface area contributed by atoms with E-state index < -0.39 is 6.10 Å². The lowest BCUT2D eigenvalue weighted by Crippen LogP contribution is -2.37. The second-order valence-electron chi connectivity index (χ2n) is 4.53. The van der Waals surface area contributed by atoms with Gasteiger partial charge in [0.25, 0.3) is 0 Å². The van der Waals surface area contributed by atoms with Gasteiger partial charge < -0.3 is 15.2 Å². The maximum atomic E-state index is 9.85. The van der Waals surface area contributed by atoms with E-state index in [4.69, 9.17) is 16.4 Å². The zero-order chi connectivity index (χ0) is 14.8. The molecule has 0 aliphatic carbocycles. The molecule has 0 aliphatic heterocycles. The Morgan fingerprint density at radius 2 is 2.30 bits per heavy atom. The van der Waals surface area contributed by atoms with Crippen LogP contribution in [-0.2, 0) is 0 Å². The first kappa shape index (κ1) is 16.0. The third-order valence-electron chi connectivity index (χ3n) is 2.90.